The zero-order valence-electron chi connectivity index (χ0n) is 13.1. The van der Waals surface area contributed by atoms with Crippen molar-refractivity contribution in [2.75, 3.05) is 6.61 Å². The lowest BCUT2D eigenvalue weighted by atomic mass is 9.73. The van der Waals surface area contributed by atoms with E-state index in [-0.39, 0.29) is 12.5 Å². The van der Waals surface area contributed by atoms with Crippen LogP contribution in [-0.4, -0.2) is 13.1 Å². The maximum Gasteiger partial charge on any atom is 0.293 e. The molecular weight excluding hydrogens is 286 g/mol. The first kappa shape index (κ1) is 16.9. The Balaban J connectivity index is 2.09. The summed E-state index contributed by atoms with van der Waals surface area (Å²) >= 11 is 0. The number of halogens is 2. The van der Waals surface area contributed by atoms with Crippen molar-refractivity contribution in [2.45, 2.75) is 51.4 Å². The maximum absolute atomic E-state index is 13.5. The number of carbonyl (C=O) groups is 1. The molecule has 0 radical (unpaired) electrons. The van der Waals surface area contributed by atoms with E-state index in [0.29, 0.717) is 12.4 Å². The van der Waals surface area contributed by atoms with Gasteiger partial charge in [0.05, 0.1) is 6.61 Å². The highest BCUT2D eigenvalue weighted by molar-refractivity contribution is 5.37. The van der Waals surface area contributed by atoms with Gasteiger partial charge in [-0.2, -0.15) is 0 Å². The van der Waals surface area contributed by atoms with Crippen LogP contribution in [0.3, 0.4) is 0 Å². The standard InChI is InChI=1S/C18H24F2O2/c1-2-3-13-4-6-14(7-5-13)16(11-22-12-21)15-8-9-17(19)18(20)10-15/h8-10,12-14,16H,2-7,11H2,1H3. The van der Waals surface area contributed by atoms with Gasteiger partial charge in [-0.1, -0.05) is 38.7 Å². The van der Waals surface area contributed by atoms with Crippen LogP contribution >= 0.6 is 0 Å². The SMILES string of the molecule is CCCC1CCC(C(COC=O)c2ccc(F)c(F)c2)CC1. The summed E-state index contributed by atoms with van der Waals surface area (Å²) in [4.78, 5) is 10.5. The molecule has 1 unspecified atom stereocenters. The Kier molecular flexibility index (Phi) is 6.34. The lowest BCUT2D eigenvalue weighted by Gasteiger charge is -2.33. The number of hydrogen-bond acceptors (Lipinski definition) is 2. The molecule has 1 atom stereocenters. The molecule has 0 spiro atoms. The van der Waals surface area contributed by atoms with Gasteiger partial charge in [0.1, 0.15) is 0 Å². The summed E-state index contributed by atoms with van der Waals surface area (Å²) in [6, 6.07) is 4.00. The molecule has 0 saturated heterocycles. The van der Waals surface area contributed by atoms with Gasteiger partial charge in [0, 0.05) is 5.92 Å². The van der Waals surface area contributed by atoms with E-state index in [1.165, 1.54) is 31.7 Å². The van der Waals surface area contributed by atoms with E-state index in [9.17, 15) is 13.6 Å². The molecule has 4 heteroatoms. The first-order valence-electron chi connectivity index (χ1n) is 8.15. The fraction of sp³-hybridized carbons (Fsp3) is 0.611. The first-order valence-corrected chi connectivity index (χ1v) is 8.15. The number of carbonyl (C=O) groups excluding carboxylic acids is 1. The lowest BCUT2D eigenvalue weighted by molar-refractivity contribution is -0.129. The van der Waals surface area contributed by atoms with E-state index >= 15 is 0 Å². The van der Waals surface area contributed by atoms with Crippen molar-refractivity contribution < 1.29 is 18.3 Å². The second-order valence-electron chi connectivity index (χ2n) is 6.28. The Bertz CT molecular complexity index is 482. The summed E-state index contributed by atoms with van der Waals surface area (Å²) in [7, 11) is 0. The largest absolute Gasteiger partial charge is 0.467 e. The van der Waals surface area contributed by atoms with Crippen LogP contribution in [0.4, 0.5) is 8.78 Å². The zero-order valence-corrected chi connectivity index (χ0v) is 13.1. The molecule has 2 rings (SSSR count). The van der Waals surface area contributed by atoms with Gasteiger partial charge in [-0.3, -0.25) is 4.79 Å². The van der Waals surface area contributed by atoms with Gasteiger partial charge in [0.25, 0.3) is 6.47 Å². The van der Waals surface area contributed by atoms with Gasteiger partial charge in [-0.05, 0) is 42.4 Å². The van der Waals surface area contributed by atoms with Crippen molar-refractivity contribution in [3.05, 3.63) is 35.4 Å². The predicted molar refractivity (Wildman–Crippen MR) is 81.5 cm³/mol. The minimum atomic E-state index is -0.842. The average molecular weight is 310 g/mol. The van der Waals surface area contributed by atoms with Crippen LogP contribution in [0.2, 0.25) is 0 Å². The van der Waals surface area contributed by atoms with E-state index in [0.717, 1.165) is 30.4 Å². The molecular formula is C18H24F2O2. The number of hydrogen-bond donors (Lipinski definition) is 0. The molecule has 0 N–H and O–H groups in total. The second kappa shape index (κ2) is 8.25. The van der Waals surface area contributed by atoms with E-state index in [1.807, 2.05) is 0 Å². The molecule has 0 amide bonds. The van der Waals surface area contributed by atoms with Gasteiger partial charge >= 0.3 is 0 Å². The van der Waals surface area contributed by atoms with Crippen LogP contribution in [-0.2, 0) is 9.53 Å². The van der Waals surface area contributed by atoms with Gasteiger partial charge in [0.15, 0.2) is 11.6 Å². The summed E-state index contributed by atoms with van der Waals surface area (Å²) in [5.74, 6) is -0.599. The molecule has 0 aromatic heterocycles. The summed E-state index contributed by atoms with van der Waals surface area (Å²) in [6.45, 7) is 2.86. The molecule has 1 fully saturated rings. The van der Waals surface area contributed by atoms with Crippen molar-refractivity contribution in [3.63, 3.8) is 0 Å². The highest BCUT2D eigenvalue weighted by Crippen LogP contribution is 2.40. The maximum atomic E-state index is 13.5. The first-order chi connectivity index (χ1) is 10.7. The quantitative estimate of drug-likeness (QED) is 0.674. The monoisotopic (exact) mass is 310 g/mol. The minimum absolute atomic E-state index is 0.0529. The number of rotatable bonds is 7. The Morgan fingerprint density at radius 2 is 1.95 bits per heavy atom. The second-order valence-corrected chi connectivity index (χ2v) is 6.28. The van der Waals surface area contributed by atoms with Crippen molar-refractivity contribution >= 4 is 6.47 Å². The van der Waals surface area contributed by atoms with Crippen molar-refractivity contribution in [1.82, 2.24) is 0 Å². The van der Waals surface area contributed by atoms with Gasteiger partial charge in [0.2, 0.25) is 0 Å². The van der Waals surface area contributed by atoms with E-state index in [2.05, 4.69) is 6.92 Å². The third kappa shape index (κ3) is 4.28. The normalized spacial score (nSPS) is 23.0. The van der Waals surface area contributed by atoms with Gasteiger partial charge in [-0.25, -0.2) is 8.78 Å². The van der Waals surface area contributed by atoms with Crippen molar-refractivity contribution in [3.8, 4) is 0 Å². The lowest BCUT2D eigenvalue weighted by Crippen LogP contribution is -2.24. The molecule has 22 heavy (non-hydrogen) atoms. The molecule has 1 aromatic rings. The Morgan fingerprint density at radius 3 is 2.55 bits per heavy atom. The van der Waals surface area contributed by atoms with Crippen molar-refractivity contribution in [1.29, 1.82) is 0 Å². The zero-order chi connectivity index (χ0) is 15.9. The van der Waals surface area contributed by atoms with Gasteiger partial charge in [-0.15, -0.1) is 0 Å². The summed E-state index contributed by atoms with van der Waals surface area (Å²) in [6.07, 6.45) is 6.90. The molecule has 0 aliphatic heterocycles. The van der Waals surface area contributed by atoms with Crippen LogP contribution < -0.4 is 0 Å². The minimum Gasteiger partial charge on any atom is -0.467 e. The highest BCUT2D eigenvalue weighted by Gasteiger charge is 2.29. The molecule has 0 bridgehead atoms. The molecule has 1 saturated carbocycles. The third-order valence-electron chi connectivity index (χ3n) is 4.87. The fourth-order valence-corrected chi connectivity index (χ4v) is 3.68. The van der Waals surface area contributed by atoms with Crippen molar-refractivity contribution in [2.24, 2.45) is 11.8 Å². The van der Waals surface area contributed by atoms with E-state index in [1.54, 1.807) is 6.07 Å². The van der Waals surface area contributed by atoms with Crippen LogP contribution in [0.5, 0.6) is 0 Å². The Morgan fingerprint density at radius 1 is 1.23 bits per heavy atom. The summed E-state index contributed by atoms with van der Waals surface area (Å²) in [5.41, 5.74) is 0.722. The average Bonchev–Trinajstić information content (AvgIpc) is 2.53. The Labute approximate surface area is 130 Å². The van der Waals surface area contributed by atoms with Crippen LogP contribution in [0.15, 0.2) is 18.2 Å². The Hall–Kier alpha value is -1.45. The molecule has 0 heterocycles. The highest BCUT2D eigenvalue weighted by atomic mass is 19.2. The van der Waals surface area contributed by atoms with Crippen LogP contribution in [0.1, 0.15) is 56.9 Å². The predicted octanol–water partition coefficient (Wildman–Crippen LogP) is 4.83. The third-order valence-corrected chi connectivity index (χ3v) is 4.87. The molecule has 1 aliphatic carbocycles. The summed E-state index contributed by atoms with van der Waals surface area (Å²) in [5, 5.41) is 0. The molecule has 2 nitrogen and oxygen atoms in total. The summed E-state index contributed by atoms with van der Waals surface area (Å²) < 4.78 is 31.6. The smallest absolute Gasteiger partial charge is 0.293 e. The van der Waals surface area contributed by atoms with Crippen LogP contribution in [0, 0.1) is 23.5 Å². The topological polar surface area (TPSA) is 26.3 Å². The van der Waals surface area contributed by atoms with E-state index < -0.39 is 11.6 Å². The number of ether oxygens (including phenoxy) is 1. The van der Waals surface area contributed by atoms with Gasteiger partial charge < -0.3 is 4.74 Å². The molecule has 1 aromatic carbocycles. The number of benzene rings is 1. The fourth-order valence-electron chi connectivity index (χ4n) is 3.68. The van der Waals surface area contributed by atoms with Crippen LogP contribution in [0.25, 0.3) is 0 Å². The van der Waals surface area contributed by atoms with E-state index in [4.69, 9.17) is 4.74 Å². The molecule has 1 aliphatic rings. The molecule has 122 valence electrons.